The van der Waals surface area contributed by atoms with E-state index in [1.165, 1.54) is 25.4 Å². The van der Waals surface area contributed by atoms with Crippen molar-refractivity contribution in [3.8, 4) is 28.5 Å². The van der Waals surface area contributed by atoms with Crippen LogP contribution in [0.4, 0.5) is 13.2 Å². The molecule has 0 atom stereocenters. The van der Waals surface area contributed by atoms with Crippen LogP contribution in [0.1, 0.15) is 23.0 Å². The molecule has 3 aromatic rings. The van der Waals surface area contributed by atoms with Crippen LogP contribution >= 0.6 is 0 Å². The van der Waals surface area contributed by atoms with Gasteiger partial charge in [-0.3, -0.25) is 9.78 Å². The standard InChI is InChI=1S/C21H18F3N3O3/c1-3-29-15-9-14(19(28)25-2)10-16(12-15)30-20-17(5-4-7-27-20)13-6-8-26-18(11-13)21(22,23)24/h4-12H,3H2,1-2H3,(H,25,28). The molecule has 0 unspecified atom stereocenters. The molecule has 1 amide bonds. The van der Waals surface area contributed by atoms with Gasteiger partial charge >= 0.3 is 6.18 Å². The third-order valence-electron chi connectivity index (χ3n) is 4.03. The first-order chi connectivity index (χ1) is 14.3. The maximum atomic E-state index is 13.0. The third kappa shape index (κ3) is 4.86. The van der Waals surface area contributed by atoms with Gasteiger partial charge in [0.2, 0.25) is 5.88 Å². The van der Waals surface area contributed by atoms with Crippen molar-refractivity contribution in [1.29, 1.82) is 0 Å². The molecule has 156 valence electrons. The van der Waals surface area contributed by atoms with E-state index in [2.05, 4.69) is 15.3 Å². The first kappa shape index (κ1) is 21.1. The van der Waals surface area contributed by atoms with Crippen LogP contribution in [0.25, 0.3) is 11.1 Å². The average molecular weight is 417 g/mol. The zero-order valence-electron chi connectivity index (χ0n) is 16.2. The van der Waals surface area contributed by atoms with Crippen LogP contribution in [-0.2, 0) is 6.18 Å². The monoisotopic (exact) mass is 417 g/mol. The number of ether oxygens (including phenoxy) is 2. The van der Waals surface area contributed by atoms with E-state index in [0.29, 0.717) is 23.5 Å². The molecule has 2 heterocycles. The van der Waals surface area contributed by atoms with Gasteiger partial charge in [-0.1, -0.05) is 0 Å². The molecule has 0 aliphatic carbocycles. The Kier molecular flexibility index (Phi) is 6.20. The molecule has 2 aromatic heterocycles. The Morgan fingerprint density at radius 1 is 1.07 bits per heavy atom. The molecule has 0 bridgehead atoms. The number of aromatic nitrogens is 2. The molecule has 1 aromatic carbocycles. The Morgan fingerprint density at radius 3 is 2.53 bits per heavy atom. The van der Waals surface area contributed by atoms with E-state index in [9.17, 15) is 18.0 Å². The van der Waals surface area contributed by atoms with Crippen molar-refractivity contribution >= 4 is 5.91 Å². The zero-order valence-corrected chi connectivity index (χ0v) is 16.2. The first-order valence-corrected chi connectivity index (χ1v) is 8.98. The number of nitrogens with one attached hydrogen (secondary N) is 1. The molecule has 0 aliphatic rings. The first-order valence-electron chi connectivity index (χ1n) is 8.98. The van der Waals surface area contributed by atoms with E-state index < -0.39 is 11.9 Å². The predicted octanol–water partition coefficient (Wildman–Crippen LogP) is 4.71. The smallest absolute Gasteiger partial charge is 0.433 e. The summed E-state index contributed by atoms with van der Waals surface area (Å²) >= 11 is 0. The number of carbonyl (C=O) groups excluding carboxylic acids is 1. The van der Waals surface area contributed by atoms with E-state index in [0.717, 1.165) is 12.3 Å². The summed E-state index contributed by atoms with van der Waals surface area (Å²) in [5.74, 6) is 0.402. The van der Waals surface area contributed by atoms with E-state index in [4.69, 9.17) is 9.47 Å². The van der Waals surface area contributed by atoms with Crippen LogP contribution in [0, 0.1) is 0 Å². The second kappa shape index (κ2) is 8.81. The minimum Gasteiger partial charge on any atom is -0.494 e. The fourth-order valence-electron chi connectivity index (χ4n) is 2.71. The van der Waals surface area contributed by atoms with Crippen LogP contribution in [0.2, 0.25) is 0 Å². The van der Waals surface area contributed by atoms with Crippen LogP contribution in [0.3, 0.4) is 0 Å². The number of halogens is 3. The zero-order chi connectivity index (χ0) is 21.7. The largest absolute Gasteiger partial charge is 0.494 e. The lowest BCUT2D eigenvalue weighted by atomic mass is 10.1. The second-order valence-electron chi connectivity index (χ2n) is 6.09. The Hall–Kier alpha value is -3.62. The van der Waals surface area contributed by atoms with Gasteiger partial charge in [0.05, 0.1) is 6.61 Å². The molecule has 3 rings (SSSR count). The Bertz CT molecular complexity index is 1050. The van der Waals surface area contributed by atoms with E-state index in [1.807, 2.05) is 0 Å². The number of carbonyl (C=O) groups is 1. The summed E-state index contributed by atoms with van der Waals surface area (Å²) in [7, 11) is 1.49. The topological polar surface area (TPSA) is 73.3 Å². The quantitative estimate of drug-likeness (QED) is 0.629. The highest BCUT2D eigenvalue weighted by Crippen LogP contribution is 2.35. The number of amides is 1. The fourth-order valence-corrected chi connectivity index (χ4v) is 2.71. The molecule has 0 radical (unpaired) electrons. The van der Waals surface area contributed by atoms with Crippen molar-refractivity contribution < 1.29 is 27.4 Å². The van der Waals surface area contributed by atoms with Crippen molar-refractivity contribution in [3.05, 3.63) is 66.1 Å². The molecule has 0 saturated carbocycles. The molecule has 0 saturated heterocycles. The van der Waals surface area contributed by atoms with Gasteiger partial charge in [-0.15, -0.1) is 0 Å². The summed E-state index contributed by atoms with van der Waals surface area (Å²) in [5, 5.41) is 2.52. The van der Waals surface area contributed by atoms with Gasteiger partial charge in [-0.25, -0.2) is 4.98 Å². The van der Waals surface area contributed by atoms with Crippen LogP contribution in [0.15, 0.2) is 54.9 Å². The van der Waals surface area contributed by atoms with E-state index >= 15 is 0 Å². The lowest BCUT2D eigenvalue weighted by molar-refractivity contribution is -0.141. The molecular weight excluding hydrogens is 399 g/mol. The van der Waals surface area contributed by atoms with Crippen LogP contribution in [0.5, 0.6) is 17.4 Å². The predicted molar refractivity (Wildman–Crippen MR) is 104 cm³/mol. The van der Waals surface area contributed by atoms with Gasteiger partial charge < -0.3 is 14.8 Å². The van der Waals surface area contributed by atoms with Crippen molar-refractivity contribution in [2.45, 2.75) is 13.1 Å². The minimum absolute atomic E-state index is 0.0772. The van der Waals surface area contributed by atoms with Gasteiger partial charge in [0.25, 0.3) is 5.91 Å². The van der Waals surface area contributed by atoms with Gasteiger partial charge in [-0.2, -0.15) is 13.2 Å². The molecule has 0 spiro atoms. The molecule has 9 heteroatoms. The molecule has 0 aliphatic heterocycles. The summed E-state index contributed by atoms with van der Waals surface area (Å²) in [5.41, 5.74) is -0.129. The number of alkyl halides is 3. The number of benzene rings is 1. The number of hydrogen-bond donors (Lipinski definition) is 1. The number of hydrogen-bond acceptors (Lipinski definition) is 5. The Morgan fingerprint density at radius 2 is 1.83 bits per heavy atom. The fraction of sp³-hybridized carbons (Fsp3) is 0.190. The molecule has 30 heavy (non-hydrogen) atoms. The van der Waals surface area contributed by atoms with Crippen LogP contribution in [-0.4, -0.2) is 29.5 Å². The minimum atomic E-state index is -4.58. The highest BCUT2D eigenvalue weighted by atomic mass is 19.4. The van der Waals surface area contributed by atoms with Gasteiger partial charge in [-0.05, 0) is 48.9 Å². The second-order valence-corrected chi connectivity index (χ2v) is 6.09. The summed E-state index contributed by atoms with van der Waals surface area (Å²) in [6, 6.07) is 10.2. The summed E-state index contributed by atoms with van der Waals surface area (Å²) in [4.78, 5) is 19.6. The van der Waals surface area contributed by atoms with Crippen molar-refractivity contribution in [2.75, 3.05) is 13.7 Å². The van der Waals surface area contributed by atoms with Gasteiger partial charge in [0.1, 0.15) is 17.2 Å². The Balaban J connectivity index is 2.02. The third-order valence-corrected chi connectivity index (χ3v) is 4.03. The number of pyridine rings is 2. The lowest BCUT2D eigenvalue weighted by Crippen LogP contribution is -2.17. The normalized spacial score (nSPS) is 11.1. The van der Waals surface area contributed by atoms with Crippen molar-refractivity contribution in [2.24, 2.45) is 0 Å². The summed E-state index contributed by atoms with van der Waals surface area (Å²) in [6.07, 6.45) is -2.04. The SMILES string of the molecule is CCOc1cc(Oc2ncccc2-c2ccnc(C(F)(F)F)c2)cc(C(=O)NC)c1. The number of nitrogens with zero attached hydrogens (tertiary/aromatic N) is 2. The van der Waals surface area contributed by atoms with Gasteiger partial charge in [0.15, 0.2) is 0 Å². The van der Waals surface area contributed by atoms with E-state index in [-0.39, 0.29) is 23.1 Å². The maximum Gasteiger partial charge on any atom is 0.433 e. The molecule has 6 nitrogen and oxygen atoms in total. The molecule has 1 N–H and O–H groups in total. The summed E-state index contributed by atoms with van der Waals surface area (Å²) < 4.78 is 50.4. The molecule has 0 fully saturated rings. The highest BCUT2D eigenvalue weighted by Gasteiger charge is 2.32. The van der Waals surface area contributed by atoms with Crippen LogP contribution < -0.4 is 14.8 Å². The lowest BCUT2D eigenvalue weighted by Gasteiger charge is -2.13. The Labute approximate surface area is 170 Å². The molecular formula is C21H18F3N3O3. The van der Waals surface area contributed by atoms with Crippen molar-refractivity contribution in [1.82, 2.24) is 15.3 Å². The summed E-state index contributed by atoms with van der Waals surface area (Å²) in [6.45, 7) is 2.17. The average Bonchev–Trinajstić information content (AvgIpc) is 2.73. The maximum absolute atomic E-state index is 13.0. The number of rotatable bonds is 6. The highest BCUT2D eigenvalue weighted by molar-refractivity contribution is 5.94. The van der Waals surface area contributed by atoms with E-state index in [1.54, 1.807) is 31.2 Å². The van der Waals surface area contributed by atoms with Gasteiger partial charge in [0, 0.05) is 36.6 Å². The van der Waals surface area contributed by atoms with Crippen molar-refractivity contribution in [3.63, 3.8) is 0 Å².